The number of benzene rings is 1. The van der Waals surface area contributed by atoms with Crippen LogP contribution in [0.25, 0.3) is 0 Å². The van der Waals surface area contributed by atoms with E-state index in [4.69, 9.17) is 4.74 Å². The summed E-state index contributed by atoms with van der Waals surface area (Å²) in [6, 6.07) is 10.1. The molecule has 3 nitrogen and oxygen atoms in total. The van der Waals surface area contributed by atoms with E-state index in [1.807, 2.05) is 49.4 Å². The lowest BCUT2D eigenvalue weighted by molar-refractivity contribution is -0.151. The van der Waals surface area contributed by atoms with Gasteiger partial charge < -0.3 is 4.74 Å². The maximum atomic E-state index is 11.2. The van der Waals surface area contributed by atoms with Crippen LogP contribution in [0, 0.1) is 0 Å². The van der Waals surface area contributed by atoms with Crippen LogP contribution in [0.2, 0.25) is 0 Å². The first-order valence-corrected chi connectivity index (χ1v) is 5.42. The molecular weight excluding hydrogens is 202 g/mol. The third-order valence-corrected chi connectivity index (χ3v) is 2.60. The number of rotatable bonds is 2. The van der Waals surface area contributed by atoms with Crippen molar-refractivity contribution < 1.29 is 9.53 Å². The van der Waals surface area contributed by atoms with Gasteiger partial charge in [0.15, 0.2) is 0 Å². The van der Waals surface area contributed by atoms with E-state index < -0.39 is 0 Å². The maximum Gasteiger partial charge on any atom is 0.320 e. The molecule has 84 valence electrons. The van der Waals surface area contributed by atoms with Gasteiger partial charge in [-0.15, -0.1) is 0 Å². The minimum absolute atomic E-state index is 0.0510. The highest BCUT2D eigenvalue weighted by molar-refractivity contribution is 5.73. The van der Waals surface area contributed by atoms with E-state index in [0.29, 0.717) is 0 Å². The van der Waals surface area contributed by atoms with Crippen LogP contribution in [-0.2, 0) is 9.53 Å². The summed E-state index contributed by atoms with van der Waals surface area (Å²) in [6.07, 6.45) is 3.59. The van der Waals surface area contributed by atoms with E-state index in [1.54, 1.807) is 0 Å². The van der Waals surface area contributed by atoms with Crippen LogP contribution in [0.1, 0.15) is 18.5 Å². The molecule has 3 heteroatoms. The maximum absolute atomic E-state index is 11.2. The molecule has 0 bridgehead atoms. The standard InChI is InChI=1S/C13H15NO2/c1-2-6-11-13(14-9-12(15)16-11)10-7-4-3-5-8-10/h2-8,11,13-14H,9H2,1H3/b6-2+/t11-,13+/m1/s1. The predicted octanol–water partition coefficient (Wildman–Crippen LogP) is 1.82. The highest BCUT2D eigenvalue weighted by atomic mass is 16.5. The average molecular weight is 217 g/mol. The smallest absolute Gasteiger partial charge is 0.320 e. The fourth-order valence-corrected chi connectivity index (χ4v) is 1.88. The molecule has 16 heavy (non-hydrogen) atoms. The Morgan fingerprint density at radius 1 is 1.38 bits per heavy atom. The van der Waals surface area contributed by atoms with Crippen LogP contribution < -0.4 is 5.32 Å². The predicted molar refractivity (Wildman–Crippen MR) is 61.9 cm³/mol. The molecule has 1 saturated heterocycles. The van der Waals surface area contributed by atoms with Gasteiger partial charge in [0.05, 0.1) is 12.6 Å². The quantitative estimate of drug-likeness (QED) is 0.606. The number of hydrogen-bond donors (Lipinski definition) is 1. The lowest BCUT2D eigenvalue weighted by Crippen LogP contribution is -2.43. The van der Waals surface area contributed by atoms with Gasteiger partial charge >= 0.3 is 5.97 Å². The highest BCUT2D eigenvalue weighted by Gasteiger charge is 2.29. The molecule has 0 spiro atoms. The van der Waals surface area contributed by atoms with Crippen LogP contribution in [0.3, 0.4) is 0 Å². The molecule has 1 aliphatic rings. The van der Waals surface area contributed by atoms with Crippen LogP contribution in [0.5, 0.6) is 0 Å². The molecule has 0 aromatic heterocycles. The number of carbonyl (C=O) groups excluding carboxylic acids is 1. The van der Waals surface area contributed by atoms with E-state index in [-0.39, 0.29) is 24.7 Å². The zero-order chi connectivity index (χ0) is 11.4. The van der Waals surface area contributed by atoms with Crippen LogP contribution >= 0.6 is 0 Å². The van der Waals surface area contributed by atoms with Gasteiger partial charge in [-0.2, -0.15) is 0 Å². The number of carbonyl (C=O) groups is 1. The number of ether oxygens (including phenoxy) is 1. The van der Waals surface area contributed by atoms with Gasteiger partial charge in [0.2, 0.25) is 0 Å². The number of esters is 1. The summed E-state index contributed by atoms with van der Waals surface area (Å²) in [5.41, 5.74) is 1.14. The monoisotopic (exact) mass is 217 g/mol. The second-order valence-corrected chi connectivity index (χ2v) is 3.75. The zero-order valence-electron chi connectivity index (χ0n) is 9.22. The van der Waals surface area contributed by atoms with Crippen molar-refractivity contribution in [3.8, 4) is 0 Å². The van der Waals surface area contributed by atoms with Crippen LogP contribution in [0.4, 0.5) is 0 Å². The first-order chi connectivity index (χ1) is 7.81. The molecule has 1 N–H and O–H groups in total. The molecule has 2 atom stereocenters. The molecule has 0 radical (unpaired) electrons. The van der Waals surface area contributed by atoms with Crippen LogP contribution in [-0.4, -0.2) is 18.6 Å². The first kappa shape index (κ1) is 10.9. The van der Waals surface area contributed by atoms with Gasteiger partial charge in [-0.25, -0.2) is 0 Å². The lowest BCUT2D eigenvalue weighted by Gasteiger charge is -2.30. The normalized spacial score (nSPS) is 25.7. The van der Waals surface area contributed by atoms with Gasteiger partial charge in [-0.1, -0.05) is 36.4 Å². The van der Waals surface area contributed by atoms with Gasteiger partial charge in [-0.3, -0.25) is 10.1 Å². The molecule has 1 aliphatic heterocycles. The zero-order valence-corrected chi connectivity index (χ0v) is 9.22. The highest BCUT2D eigenvalue weighted by Crippen LogP contribution is 2.22. The SMILES string of the molecule is C/C=C/[C@H]1OC(=O)CN[C@H]1c1ccccc1. The molecule has 0 unspecified atom stereocenters. The fourth-order valence-electron chi connectivity index (χ4n) is 1.88. The number of nitrogens with one attached hydrogen (secondary N) is 1. The van der Waals surface area contributed by atoms with Crippen molar-refractivity contribution >= 4 is 5.97 Å². The average Bonchev–Trinajstić information content (AvgIpc) is 2.31. The Balaban J connectivity index is 2.21. The van der Waals surface area contributed by atoms with Gasteiger partial charge in [0.25, 0.3) is 0 Å². The summed E-state index contributed by atoms with van der Waals surface area (Å²) in [7, 11) is 0. The lowest BCUT2D eigenvalue weighted by atomic mass is 10.00. The Labute approximate surface area is 95.1 Å². The third kappa shape index (κ3) is 2.31. The Bertz CT molecular complexity index is 386. The molecule has 0 amide bonds. The summed E-state index contributed by atoms with van der Waals surface area (Å²) < 4.78 is 5.31. The Morgan fingerprint density at radius 3 is 2.81 bits per heavy atom. The third-order valence-electron chi connectivity index (χ3n) is 2.60. The van der Waals surface area contributed by atoms with Crippen molar-refractivity contribution in [3.63, 3.8) is 0 Å². The van der Waals surface area contributed by atoms with Crippen molar-refractivity contribution in [1.29, 1.82) is 0 Å². The van der Waals surface area contributed by atoms with Gasteiger partial charge in [-0.05, 0) is 18.6 Å². The van der Waals surface area contributed by atoms with Crippen molar-refractivity contribution in [3.05, 3.63) is 48.0 Å². The topological polar surface area (TPSA) is 38.3 Å². The second kappa shape index (κ2) is 4.94. The van der Waals surface area contributed by atoms with Gasteiger partial charge in [0.1, 0.15) is 6.10 Å². The van der Waals surface area contributed by atoms with Crippen molar-refractivity contribution in [2.24, 2.45) is 0 Å². The van der Waals surface area contributed by atoms with Crippen molar-refractivity contribution in [2.45, 2.75) is 19.1 Å². The molecule has 1 heterocycles. The van der Waals surface area contributed by atoms with Crippen LogP contribution in [0.15, 0.2) is 42.5 Å². The van der Waals surface area contributed by atoms with E-state index in [2.05, 4.69) is 5.32 Å². The van der Waals surface area contributed by atoms with E-state index in [1.165, 1.54) is 0 Å². The Hall–Kier alpha value is -1.61. The fraction of sp³-hybridized carbons (Fsp3) is 0.308. The van der Waals surface area contributed by atoms with Crippen molar-refractivity contribution in [2.75, 3.05) is 6.54 Å². The summed E-state index contributed by atoms with van der Waals surface area (Å²) in [6.45, 7) is 2.19. The van der Waals surface area contributed by atoms with Gasteiger partial charge in [0, 0.05) is 0 Å². The van der Waals surface area contributed by atoms with E-state index in [9.17, 15) is 4.79 Å². The van der Waals surface area contributed by atoms with E-state index >= 15 is 0 Å². The molecule has 1 aromatic carbocycles. The Kier molecular flexibility index (Phi) is 3.37. The number of cyclic esters (lactones) is 1. The summed E-state index contributed by atoms with van der Waals surface area (Å²) in [5.74, 6) is -0.199. The van der Waals surface area contributed by atoms with E-state index in [0.717, 1.165) is 5.56 Å². The summed E-state index contributed by atoms with van der Waals surface area (Å²) >= 11 is 0. The minimum atomic E-state index is -0.214. The second-order valence-electron chi connectivity index (χ2n) is 3.75. The molecule has 0 aliphatic carbocycles. The Morgan fingerprint density at radius 2 is 2.12 bits per heavy atom. The minimum Gasteiger partial charge on any atom is -0.455 e. The number of morpholine rings is 1. The summed E-state index contributed by atoms with van der Waals surface area (Å²) in [5, 5.41) is 3.19. The molecule has 0 saturated carbocycles. The largest absolute Gasteiger partial charge is 0.455 e. The molecule has 1 aromatic rings. The van der Waals surface area contributed by atoms with Crippen molar-refractivity contribution in [1.82, 2.24) is 5.32 Å². The summed E-state index contributed by atoms with van der Waals surface area (Å²) in [4.78, 5) is 11.2. The molecule has 1 fully saturated rings. The number of allylic oxidation sites excluding steroid dienone is 1. The molecular formula is C13H15NO2. The molecule has 2 rings (SSSR count). The number of hydrogen-bond acceptors (Lipinski definition) is 3. The first-order valence-electron chi connectivity index (χ1n) is 5.42.